The van der Waals surface area contributed by atoms with E-state index in [9.17, 15) is 9.90 Å². The fourth-order valence-corrected chi connectivity index (χ4v) is 2.83. The molecule has 0 unspecified atom stereocenters. The van der Waals surface area contributed by atoms with Crippen LogP contribution < -0.4 is 0 Å². The van der Waals surface area contributed by atoms with E-state index in [4.69, 9.17) is 4.74 Å². The molecule has 1 N–H and O–H groups in total. The minimum Gasteiger partial charge on any atom is -0.462 e. The van der Waals surface area contributed by atoms with Gasteiger partial charge in [-0.15, -0.1) is 0 Å². The van der Waals surface area contributed by atoms with Crippen molar-refractivity contribution in [1.29, 1.82) is 0 Å². The van der Waals surface area contributed by atoms with Crippen LogP contribution in [0.3, 0.4) is 0 Å². The van der Waals surface area contributed by atoms with Crippen LogP contribution in [0.5, 0.6) is 0 Å². The fraction of sp³-hybridized carbons (Fsp3) is 0.769. The highest BCUT2D eigenvalue weighted by Gasteiger charge is 2.43. The molecule has 2 aliphatic rings. The molecule has 0 aromatic carbocycles. The zero-order valence-electron chi connectivity index (χ0n) is 10.6. The highest BCUT2D eigenvalue weighted by Crippen LogP contribution is 2.33. The number of aliphatic hydroxyl groups excluding tert-OH is 1. The van der Waals surface area contributed by atoms with Gasteiger partial charge in [0.05, 0.1) is 12.7 Å². The number of hydrogen-bond donors (Lipinski definition) is 1. The number of allylic oxidation sites excluding steroid dienone is 1. The lowest BCUT2D eigenvalue weighted by atomic mass is 9.97. The Morgan fingerprint density at radius 2 is 2.18 bits per heavy atom. The summed E-state index contributed by atoms with van der Waals surface area (Å²) in [6.45, 7) is 6.02. The van der Waals surface area contributed by atoms with Crippen molar-refractivity contribution in [1.82, 2.24) is 4.90 Å². The zero-order valence-corrected chi connectivity index (χ0v) is 10.6. The summed E-state index contributed by atoms with van der Waals surface area (Å²) in [5.74, 6) is 0.0551. The van der Waals surface area contributed by atoms with Gasteiger partial charge in [0.1, 0.15) is 0 Å². The number of hydrogen-bond acceptors (Lipinski definition) is 4. The Morgan fingerprint density at radius 3 is 2.88 bits per heavy atom. The van der Waals surface area contributed by atoms with E-state index >= 15 is 0 Å². The Kier molecular flexibility index (Phi) is 3.84. The predicted molar refractivity (Wildman–Crippen MR) is 64.5 cm³/mol. The van der Waals surface area contributed by atoms with E-state index in [2.05, 4.69) is 4.90 Å². The van der Waals surface area contributed by atoms with Gasteiger partial charge in [0.2, 0.25) is 0 Å². The number of esters is 1. The standard InChI is InChI=1S/C13H21NO3/c1-3-9(2)13(16)17-8-10-4-6-14-7-5-11(15)12(10)14/h3,10-12,15H,4-8H2,1-2H3/b9-3-/t10-,11+,12+/m0/s1. The molecule has 0 saturated carbocycles. The molecule has 2 saturated heterocycles. The molecule has 2 rings (SSSR count). The summed E-state index contributed by atoms with van der Waals surface area (Å²) in [5, 5.41) is 9.90. The number of nitrogens with zero attached hydrogens (tertiary/aromatic N) is 1. The molecule has 2 fully saturated rings. The molecular formula is C13H21NO3. The normalized spacial score (nSPS) is 33.8. The SMILES string of the molecule is C/C=C(/C)C(=O)OC[C@@H]1CCN2CC[C@@H](O)[C@@H]12. The Bertz CT molecular complexity index is 327. The van der Waals surface area contributed by atoms with Gasteiger partial charge in [0, 0.05) is 24.1 Å². The summed E-state index contributed by atoms with van der Waals surface area (Å²) in [4.78, 5) is 13.8. The molecule has 3 atom stereocenters. The summed E-state index contributed by atoms with van der Waals surface area (Å²) in [6.07, 6.45) is 3.38. The number of carbonyl (C=O) groups is 1. The monoisotopic (exact) mass is 239 g/mol. The molecule has 0 radical (unpaired) electrons. The average molecular weight is 239 g/mol. The summed E-state index contributed by atoms with van der Waals surface area (Å²) < 4.78 is 5.29. The quantitative estimate of drug-likeness (QED) is 0.588. The van der Waals surface area contributed by atoms with Gasteiger partial charge >= 0.3 is 5.97 Å². The molecule has 2 heterocycles. The van der Waals surface area contributed by atoms with Crippen LogP contribution >= 0.6 is 0 Å². The van der Waals surface area contributed by atoms with Crippen molar-refractivity contribution in [3.8, 4) is 0 Å². The van der Waals surface area contributed by atoms with E-state index in [-0.39, 0.29) is 18.1 Å². The van der Waals surface area contributed by atoms with Gasteiger partial charge in [-0.25, -0.2) is 4.79 Å². The van der Waals surface area contributed by atoms with Gasteiger partial charge in [-0.3, -0.25) is 4.90 Å². The second-order valence-corrected chi connectivity index (χ2v) is 5.00. The molecule has 0 amide bonds. The first kappa shape index (κ1) is 12.6. The van der Waals surface area contributed by atoms with E-state index in [0.29, 0.717) is 18.1 Å². The number of aliphatic hydroxyl groups is 1. The largest absolute Gasteiger partial charge is 0.462 e. The van der Waals surface area contributed by atoms with E-state index < -0.39 is 0 Å². The minimum atomic E-state index is -0.246. The summed E-state index contributed by atoms with van der Waals surface area (Å²) in [6, 6.07) is 0.203. The van der Waals surface area contributed by atoms with E-state index in [1.165, 1.54) is 0 Å². The molecule has 0 aliphatic carbocycles. The smallest absolute Gasteiger partial charge is 0.333 e. The van der Waals surface area contributed by atoms with Crippen LogP contribution in [0.25, 0.3) is 0 Å². The maximum absolute atomic E-state index is 11.5. The van der Waals surface area contributed by atoms with Crippen LogP contribution in [0, 0.1) is 5.92 Å². The topological polar surface area (TPSA) is 49.8 Å². The molecule has 17 heavy (non-hydrogen) atoms. The van der Waals surface area contributed by atoms with Crippen molar-refractivity contribution < 1.29 is 14.6 Å². The second-order valence-electron chi connectivity index (χ2n) is 5.00. The molecule has 2 aliphatic heterocycles. The van der Waals surface area contributed by atoms with Gasteiger partial charge in [-0.2, -0.15) is 0 Å². The Hall–Kier alpha value is -0.870. The van der Waals surface area contributed by atoms with Gasteiger partial charge in [0.25, 0.3) is 0 Å². The first-order chi connectivity index (χ1) is 8.13. The van der Waals surface area contributed by atoms with Crippen molar-refractivity contribution in [2.24, 2.45) is 5.92 Å². The third-order valence-electron chi connectivity index (χ3n) is 3.98. The average Bonchev–Trinajstić information content (AvgIpc) is 2.89. The van der Waals surface area contributed by atoms with Crippen molar-refractivity contribution in [3.05, 3.63) is 11.6 Å². The fourth-order valence-electron chi connectivity index (χ4n) is 2.83. The molecule has 0 aromatic heterocycles. The lowest BCUT2D eigenvalue weighted by molar-refractivity contribution is -0.140. The number of carbonyl (C=O) groups excluding carboxylic acids is 1. The van der Waals surface area contributed by atoms with Crippen LogP contribution in [-0.2, 0) is 9.53 Å². The third-order valence-corrected chi connectivity index (χ3v) is 3.98. The Labute approximate surface area is 102 Å². The lowest BCUT2D eigenvalue weighted by Crippen LogP contribution is -2.36. The van der Waals surface area contributed by atoms with Crippen molar-refractivity contribution >= 4 is 5.97 Å². The van der Waals surface area contributed by atoms with Gasteiger partial charge in [-0.05, 0) is 33.2 Å². The van der Waals surface area contributed by atoms with Crippen molar-refractivity contribution in [3.63, 3.8) is 0 Å². The summed E-state index contributed by atoms with van der Waals surface area (Å²) in [5.41, 5.74) is 0.645. The highest BCUT2D eigenvalue weighted by molar-refractivity contribution is 5.87. The minimum absolute atomic E-state index is 0.203. The van der Waals surface area contributed by atoms with Crippen molar-refractivity contribution in [2.45, 2.75) is 38.8 Å². The van der Waals surface area contributed by atoms with E-state index in [0.717, 1.165) is 25.9 Å². The molecule has 0 aromatic rings. The molecule has 4 heteroatoms. The van der Waals surface area contributed by atoms with E-state index in [1.807, 2.05) is 6.92 Å². The van der Waals surface area contributed by atoms with Gasteiger partial charge in [0.15, 0.2) is 0 Å². The number of ether oxygens (including phenoxy) is 1. The maximum atomic E-state index is 11.5. The maximum Gasteiger partial charge on any atom is 0.333 e. The first-order valence-corrected chi connectivity index (χ1v) is 6.35. The third kappa shape index (κ3) is 2.53. The second kappa shape index (κ2) is 5.19. The first-order valence-electron chi connectivity index (χ1n) is 6.35. The van der Waals surface area contributed by atoms with Crippen LogP contribution in [0.15, 0.2) is 11.6 Å². The molecule has 4 nitrogen and oxygen atoms in total. The van der Waals surface area contributed by atoms with Crippen LogP contribution in [-0.4, -0.2) is 47.8 Å². The van der Waals surface area contributed by atoms with Crippen LogP contribution in [0.4, 0.5) is 0 Å². The number of rotatable bonds is 3. The van der Waals surface area contributed by atoms with Gasteiger partial charge < -0.3 is 9.84 Å². The number of fused-ring (bicyclic) bond motifs is 1. The zero-order chi connectivity index (χ0) is 12.4. The molecular weight excluding hydrogens is 218 g/mol. The van der Waals surface area contributed by atoms with Crippen LogP contribution in [0.1, 0.15) is 26.7 Å². The Morgan fingerprint density at radius 1 is 1.47 bits per heavy atom. The summed E-state index contributed by atoms with van der Waals surface area (Å²) in [7, 11) is 0. The summed E-state index contributed by atoms with van der Waals surface area (Å²) >= 11 is 0. The van der Waals surface area contributed by atoms with E-state index in [1.54, 1.807) is 13.0 Å². The molecule has 0 spiro atoms. The van der Waals surface area contributed by atoms with Gasteiger partial charge in [-0.1, -0.05) is 6.08 Å². The lowest BCUT2D eigenvalue weighted by Gasteiger charge is -2.22. The predicted octanol–water partition coefficient (Wildman–Crippen LogP) is 0.951. The highest BCUT2D eigenvalue weighted by atomic mass is 16.5. The van der Waals surface area contributed by atoms with Crippen LogP contribution in [0.2, 0.25) is 0 Å². The molecule has 0 bridgehead atoms. The Balaban J connectivity index is 1.86. The van der Waals surface area contributed by atoms with Crippen molar-refractivity contribution in [2.75, 3.05) is 19.7 Å². The molecule has 96 valence electrons.